The molecule has 1 aliphatic rings. The van der Waals surface area contributed by atoms with Gasteiger partial charge in [0.15, 0.2) is 0 Å². The lowest BCUT2D eigenvalue weighted by atomic mass is 9.78. The van der Waals surface area contributed by atoms with E-state index in [0.29, 0.717) is 63.4 Å². The molecule has 4 aromatic rings. The van der Waals surface area contributed by atoms with Gasteiger partial charge in [-0.05, 0) is 72.5 Å². The zero-order valence-electron chi connectivity index (χ0n) is 36.2. The highest BCUT2D eigenvalue weighted by atomic mass is 17.1. The van der Waals surface area contributed by atoms with Crippen LogP contribution in [0.15, 0.2) is 84.9 Å². The molecule has 0 radical (unpaired) electrons. The normalized spacial score (nSPS) is 16.2. The largest absolute Gasteiger partial charge is 0.508 e. The number of methoxy groups -OCH3 is 2. The SMILES string of the molecule is COc1ccccc1COCCCOc1ccc(C2C(COC(=O)OCCCCON(O)O)CN(C(=O)OCCCCON(O)O)CC2OCc2cc(OC)c3ccccc3c2)cc1. The van der Waals surface area contributed by atoms with Gasteiger partial charge in [-0.3, -0.25) is 30.5 Å². The molecule has 1 amide bonds. The van der Waals surface area contributed by atoms with Gasteiger partial charge in [-0.25, -0.2) is 9.59 Å². The minimum absolute atomic E-state index is 0.00158. The van der Waals surface area contributed by atoms with E-state index in [9.17, 15) is 9.59 Å². The van der Waals surface area contributed by atoms with Crippen LogP contribution in [0.25, 0.3) is 10.8 Å². The Balaban J connectivity index is 1.30. The molecule has 19 heteroatoms. The first-order chi connectivity index (χ1) is 31.1. The van der Waals surface area contributed by atoms with Crippen molar-refractivity contribution in [3.63, 3.8) is 0 Å². The standard InChI is InChI=1S/C45H59N3O16/c1-55-40-15-6-4-13-36(40)31-57-20-11-23-58-38-18-16-34(17-19-38)43-37(32-62-45(50)60-22-8-10-25-64-48(53)54)28-46(44(49)59-21-7-9-24-63-47(51)52)29-42(43)61-30-33-26-35-12-3-5-14-39(35)41(27-33)56-2/h3-6,12-19,26-27,37,42-43,51-54H,7-11,20-25,28-32H2,1-2H3. The molecule has 19 nitrogen and oxygen atoms in total. The Morgan fingerprint density at radius 3 is 2.06 bits per heavy atom. The molecule has 64 heavy (non-hydrogen) atoms. The predicted molar refractivity (Wildman–Crippen MR) is 226 cm³/mol. The van der Waals surface area contributed by atoms with Crippen LogP contribution in [-0.4, -0.2) is 128 Å². The van der Waals surface area contributed by atoms with Crippen LogP contribution in [0.4, 0.5) is 9.59 Å². The molecule has 0 aliphatic carbocycles. The van der Waals surface area contributed by atoms with Crippen molar-refractivity contribution in [2.24, 2.45) is 5.92 Å². The zero-order chi connectivity index (χ0) is 45.5. The van der Waals surface area contributed by atoms with E-state index in [-0.39, 0.29) is 69.4 Å². The number of piperidine rings is 1. The Bertz CT molecular complexity index is 1990. The first-order valence-electron chi connectivity index (χ1n) is 21.1. The van der Waals surface area contributed by atoms with Crippen molar-refractivity contribution in [3.05, 3.63) is 102 Å². The Morgan fingerprint density at radius 2 is 1.34 bits per heavy atom. The number of likely N-dealkylation sites (tertiary alicyclic amines) is 1. The van der Waals surface area contributed by atoms with Gasteiger partial charge in [-0.1, -0.05) is 54.6 Å². The first-order valence-corrected chi connectivity index (χ1v) is 21.1. The van der Waals surface area contributed by atoms with Crippen molar-refractivity contribution in [2.75, 3.05) is 73.6 Å². The molecule has 4 N–H and O–H groups in total. The number of ether oxygens (including phenoxy) is 8. The van der Waals surface area contributed by atoms with Crippen LogP contribution in [0.1, 0.15) is 54.7 Å². The van der Waals surface area contributed by atoms with Crippen molar-refractivity contribution in [2.45, 2.75) is 57.3 Å². The van der Waals surface area contributed by atoms with Gasteiger partial charge in [-0.15, -0.1) is 0 Å². The highest BCUT2D eigenvalue weighted by molar-refractivity contribution is 5.89. The number of amides is 1. The second kappa shape index (κ2) is 27.1. The third-order valence-corrected chi connectivity index (χ3v) is 10.4. The van der Waals surface area contributed by atoms with Gasteiger partial charge in [0.25, 0.3) is 0 Å². The summed E-state index contributed by atoms with van der Waals surface area (Å²) in [6.45, 7) is 1.72. The smallest absolute Gasteiger partial charge is 0.496 e. The Morgan fingerprint density at radius 1 is 0.672 bits per heavy atom. The average molecular weight is 898 g/mol. The van der Waals surface area contributed by atoms with Gasteiger partial charge in [0, 0.05) is 35.8 Å². The quantitative estimate of drug-likeness (QED) is 0.0262. The van der Waals surface area contributed by atoms with Gasteiger partial charge < -0.3 is 42.8 Å². The van der Waals surface area contributed by atoms with Gasteiger partial charge in [0.2, 0.25) is 0 Å². The second-order valence-electron chi connectivity index (χ2n) is 14.8. The van der Waals surface area contributed by atoms with Crippen LogP contribution in [0.5, 0.6) is 17.2 Å². The lowest BCUT2D eigenvalue weighted by Crippen LogP contribution is -2.52. The highest BCUT2D eigenvalue weighted by Crippen LogP contribution is 2.38. The van der Waals surface area contributed by atoms with E-state index in [2.05, 4.69) is 9.68 Å². The fourth-order valence-electron chi connectivity index (χ4n) is 7.31. The summed E-state index contributed by atoms with van der Waals surface area (Å²) in [6.07, 6.45) is 0.0759. The molecule has 1 saturated heterocycles. The van der Waals surface area contributed by atoms with Crippen molar-refractivity contribution >= 4 is 23.0 Å². The van der Waals surface area contributed by atoms with E-state index >= 15 is 0 Å². The van der Waals surface area contributed by atoms with Crippen LogP contribution < -0.4 is 14.2 Å². The molecule has 1 aliphatic heterocycles. The Labute approximate surface area is 371 Å². The van der Waals surface area contributed by atoms with Crippen LogP contribution in [0.3, 0.4) is 0 Å². The molecule has 3 unspecified atom stereocenters. The van der Waals surface area contributed by atoms with Crippen LogP contribution in [-0.2, 0) is 46.6 Å². The summed E-state index contributed by atoms with van der Waals surface area (Å²) in [5.41, 5.74) is 2.68. The topological polar surface area (TPSA) is 217 Å². The maximum Gasteiger partial charge on any atom is 0.508 e. The summed E-state index contributed by atoms with van der Waals surface area (Å²) in [7, 11) is 3.25. The molecule has 0 bridgehead atoms. The number of carbonyl (C=O) groups is 2. The summed E-state index contributed by atoms with van der Waals surface area (Å²) in [5, 5.41) is 36.1. The van der Waals surface area contributed by atoms with Crippen molar-refractivity contribution in [1.29, 1.82) is 0 Å². The number of hydrogen-bond acceptors (Lipinski definition) is 18. The number of fused-ring (bicyclic) bond motifs is 1. The Hall–Kier alpha value is -5.32. The number of hydrogen-bond donors (Lipinski definition) is 4. The van der Waals surface area contributed by atoms with Crippen LogP contribution in [0, 0.1) is 5.92 Å². The summed E-state index contributed by atoms with van der Waals surface area (Å²) >= 11 is 0. The number of benzene rings is 4. The number of para-hydroxylation sites is 1. The summed E-state index contributed by atoms with van der Waals surface area (Å²) in [5.74, 6) is 1.25. The summed E-state index contributed by atoms with van der Waals surface area (Å²) in [6, 6.07) is 27.2. The molecule has 1 heterocycles. The number of unbranched alkanes of at least 4 members (excludes halogenated alkanes) is 2. The first kappa shape index (κ1) is 49.7. The van der Waals surface area contributed by atoms with Crippen molar-refractivity contribution in [3.8, 4) is 17.2 Å². The van der Waals surface area contributed by atoms with E-state index in [1.807, 2.05) is 84.9 Å². The van der Waals surface area contributed by atoms with E-state index in [0.717, 1.165) is 33.2 Å². The van der Waals surface area contributed by atoms with Gasteiger partial charge in [-0.2, -0.15) is 0 Å². The molecule has 1 fully saturated rings. The molecule has 0 aromatic heterocycles. The second-order valence-corrected chi connectivity index (χ2v) is 14.8. The molecular weight excluding hydrogens is 838 g/mol. The summed E-state index contributed by atoms with van der Waals surface area (Å²) in [4.78, 5) is 37.1. The third-order valence-electron chi connectivity index (χ3n) is 10.4. The minimum atomic E-state index is -0.909. The summed E-state index contributed by atoms with van der Waals surface area (Å²) < 4.78 is 46.3. The maximum absolute atomic E-state index is 13.6. The molecule has 0 saturated carbocycles. The van der Waals surface area contributed by atoms with Crippen molar-refractivity contribution < 1.29 is 78.0 Å². The fraction of sp³-hybridized carbons (Fsp3) is 0.467. The highest BCUT2D eigenvalue weighted by Gasteiger charge is 2.41. The van der Waals surface area contributed by atoms with E-state index < -0.39 is 24.3 Å². The number of carbonyl (C=O) groups excluding carboxylic acids is 2. The van der Waals surface area contributed by atoms with Crippen LogP contribution in [0.2, 0.25) is 0 Å². The number of nitrogens with zero attached hydrogens (tertiary/aromatic N) is 3. The molecule has 3 atom stereocenters. The monoisotopic (exact) mass is 897 g/mol. The van der Waals surface area contributed by atoms with Gasteiger partial charge in [0.05, 0.1) is 90.5 Å². The molecule has 4 aromatic carbocycles. The minimum Gasteiger partial charge on any atom is -0.496 e. The van der Waals surface area contributed by atoms with E-state index in [1.54, 1.807) is 14.2 Å². The fourth-order valence-corrected chi connectivity index (χ4v) is 7.31. The van der Waals surface area contributed by atoms with E-state index in [1.165, 1.54) is 4.90 Å². The van der Waals surface area contributed by atoms with Gasteiger partial charge in [0.1, 0.15) is 23.9 Å². The lowest BCUT2D eigenvalue weighted by Gasteiger charge is -2.43. The molecule has 0 spiro atoms. The zero-order valence-corrected chi connectivity index (χ0v) is 36.2. The Kier molecular flexibility index (Phi) is 21.0. The lowest BCUT2D eigenvalue weighted by molar-refractivity contribution is -0.492. The van der Waals surface area contributed by atoms with Crippen LogP contribution >= 0.6 is 0 Å². The average Bonchev–Trinajstić information content (AvgIpc) is 3.30. The van der Waals surface area contributed by atoms with E-state index in [4.69, 9.17) is 58.7 Å². The van der Waals surface area contributed by atoms with Gasteiger partial charge >= 0.3 is 12.2 Å². The maximum atomic E-state index is 13.6. The van der Waals surface area contributed by atoms with Crippen molar-refractivity contribution in [1.82, 2.24) is 15.7 Å². The predicted octanol–water partition coefficient (Wildman–Crippen LogP) is 7.32. The molecule has 350 valence electrons. The third kappa shape index (κ3) is 16.3. The molecular formula is C45H59N3O16. The molecule has 5 rings (SSSR count). The number of rotatable bonds is 27.